The topological polar surface area (TPSA) is 34.1 Å². The lowest BCUT2D eigenvalue weighted by molar-refractivity contribution is 0.588. The molecule has 0 spiro atoms. The summed E-state index contributed by atoms with van der Waals surface area (Å²) in [6.45, 7) is 0. The monoisotopic (exact) mass is 384 g/mol. The molecule has 5 heteroatoms. The van der Waals surface area contributed by atoms with Crippen LogP contribution in [0, 0.1) is 0 Å². The Morgan fingerprint density at radius 1 is 1.14 bits per heavy atom. The molecule has 0 aliphatic carbocycles. The average Bonchev–Trinajstić information content (AvgIpc) is 2.74. The summed E-state index contributed by atoms with van der Waals surface area (Å²) in [5.41, 5.74) is 1.97. The Hall–Kier alpha value is -0.840. The first-order chi connectivity index (χ1) is 10.0. The van der Waals surface area contributed by atoms with Crippen LogP contribution in [0.25, 0.3) is 0 Å². The number of hydrogen-bond donors (Lipinski definition) is 0. The minimum Gasteiger partial charge on any atom is -0.224 e. The van der Waals surface area contributed by atoms with Crippen LogP contribution in [0.15, 0.2) is 57.9 Å². The quantitative estimate of drug-likeness (QED) is 0.736. The number of sulfone groups is 1. The highest BCUT2D eigenvalue weighted by atomic mass is 79.9. The Morgan fingerprint density at radius 2 is 1.81 bits per heavy atom. The molecule has 2 unspecified atom stereocenters. The van der Waals surface area contributed by atoms with E-state index in [0.29, 0.717) is 10.8 Å². The van der Waals surface area contributed by atoms with E-state index in [9.17, 15) is 8.42 Å². The zero-order valence-electron chi connectivity index (χ0n) is 11.2. The molecule has 2 nitrogen and oxygen atoms in total. The van der Waals surface area contributed by atoms with E-state index in [1.807, 2.05) is 36.4 Å². The molecule has 0 radical (unpaired) electrons. The molecule has 1 aliphatic rings. The van der Waals surface area contributed by atoms with Gasteiger partial charge in [0, 0.05) is 22.2 Å². The van der Waals surface area contributed by atoms with Crippen LogP contribution in [-0.2, 0) is 9.84 Å². The highest BCUT2D eigenvalue weighted by molar-refractivity contribution is 9.10. The number of hydrogen-bond acceptors (Lipinski definition) is 2. The van der Waals surface area contributed by atoms with Crippen molar-refractivity contribution in [3.05, 3.63) is 64.1 Å². The lowest BCUT2D eigenvalue weighted by Crippen LogP contribution is -2.15. The third kappa shape index (κ3) is 2.77. The van der Waals surface area contributed by atoms with Gasteiger partial charge in [0.1, 0.15) is 0 Å². The van der Waals surface area contributed by atoms with Crippen LogP contribution < -0.4 is 0 Å². The van der Waals surface area contributed by atoms with E-state index in [1.165, 1.54) is 0 Å². The maximum atomic E-state index is 12.3. The smallest absolute Gasteiger partial charge is 0.179 e. The van der Waals surface area contributed by atoms with Crippen molar-refractivity contribution in [1.82, 2.24) is 0 Å². The predicted octanol–water partition coefficient (Wildman–Crippen LogP) is 4.34. The molecule has 3 rings (SSSR count). The summed E-state index contributed by atoms with van der Waals surface area (Å²) in [5, 5.41) is 0. The largest absolute Gasteiger partial charge is 0.224 e. The third-order valence-corrected chi connectivity index (χ3v) is 6.70. The highest BCUT2D eigenvalue weighted by Gasteiger charge is 2.38. The van der Waals surface area contributed by atoms with Gasteiger partial charge in [0.2, 0.25) is 0 Å². The van der Waals surface area contributed by atoms with Crippen LogP contribution in [0.4, 0.5) is 0 Å². The molecule has 21 heavy (non-hydrogen) atoms. The molecule has 0 N–H and O–H groups in total. The van der Waals surface area contributed by atoms with E-state index in [0.717, 1.165) is 15.6 Å². The van der Waals surface area contributed by atoms with Crippen LogP contribution in [0.5, 0.6) is 0 Å². The standard InChI is InChI=1S/C16H14BrClO2S/c17-12-7-5-11(6-8-12)14(9-18)15-10-21(19,20)16-4-2-1-3-13(15)16/h1-8,14-15H,9-10H2. The first-order valence-corrected chi connectivity index (χ1v) is 9.64. The van der Waals surface area contributed by atoms with Crippen molar-refractivity contribution in [1.29, 1.82) is 0 Å². The molecule has 2 aromatic carbocycles. The molecule has 0 aromatic heterocycles. The molecule has 0 bridgehead atoms. The van der Waals surface area contributed by atoms with Crippen molar-refractivity contribution >= 4 is 37.4 Å². The fourth-order valence-corrected chi connectivity index (χ4v) is 5.54. The molecule has 0 saturated heterocycles. The summed E-state index contributed by atoms with van der Waals surface area (Å²) in [6, 6.07) is 15.2. The van der Waals surface area contributed by atoms with Gasteiger partial charge in [-0.1, -0.05) is 46.3 Å². The SMILES string of the molecule is O=S1(=O)CC(C(CCl)c2ccc(Br)cc2)c2ccccc21. The fraction of sp³-hybridized carbons (Fsp3) is 0.250. The van der Waals surface area contributed by atoms with Crippen LogP contribution in [-0.4, -0.2) is 20.1 Å². The molecular formula is C16H14BrClO2S. The third-order valence-electron chi connectivity index (χ3n) is 4.00. The number of benzene rings is 2. The summed E-state index contributed by atoms with van der Waals surface area (Å²) < 4.78 is 25.6. The van der Waals surface area contributed by atoms with E-state index in [4.69, 9.17) is 11.6 Å². The molecule has 0 saturated carbocycles. The second kappa shape index (κ2) is 5.75. The van der Waals surface area contributed by atoms with Gasteiger partial charge >= 0.3 is 0 Å². The molecule has 0 fully saturated rings. The molecule has 110 valence electrons. The minimum absolute atomic E-state index is 0.00167. The Labute approximate surface area is 138 Å². The maximum Gasteiger partial charge on any atom is 0.179 e. The summed E-state index contributed by atoms with van der Waals surface area (Å²) in [5.74, 6) is 0.457. The van der Waals surface area contributed by atoms with Crippen LogP contribution >= 0.6 is 27.5 Å². The lowest BCUT2D eigenvalue weighted by Gasteiger charge is -2.22. The Bertz CT molecular complexity index is 756. The molecule has 1 heterocycles. The van der Waals surface area contributed by atoms with Gasteiger partial charge in [-0.2, -0.15) is 0 Å². The number of alkyl halides is 1. The Kier molecular flexibility index (Phi) is 4.12. The van der Waals surface area contributed by atoms with Gasteiger partial charge in [0.25, 0.3) is 0 Å². The Morgan fingerprint density at radius 3 is 2.48 bits per heavy atom. The molecule has 2 atom stereocenters. The summed E-state index contributed by atoms with van der Waals surface area (Å²) in [7, 11) is -3.19. The molecule has 2 aromatic rings. The van der Waals surface area contributed by atoms with E-state index in [2.05, 4.69) is 15.9 Å². The van der Waals surface area contributed by atoms with Crippen molar-refractivity contribution in [2.24, 2.45) is 0 Å². The zero-order chi connectivity index (χ0) is 15.0. The highest BCUT2D eigenvalue weighted by Crippen LogP contribution is 2.43. The van der Waals surface area contributed by atoms with Crippen LogP contribution in [0.1, 0.15) is 23.0 Å². The normalized spacial score (nSPS) is 21.0. The summed E-state index contributed by atoms with van der Waals surface area (Å²) in [4.78, 5) is 0.460. The van der Waals surface area contributed by atoms with Gasteiger partial charge < -0.3 is 0 Å². The van der Waals surface area contributed by atoms with Gasteiger partial charge in [-0.25, -0.2) is 8.42 Å². The minimum atomic E-state index is -3.19. The van der Waals surface area contributed by atoms with Gasteiger partial charge in [0.05, 0.1) is 10.6 Å². The number of fused-ring (bicyclic) bond motifs is 1. The molecule has 1 aliphatic heterocycles. The van der Waals surface area contributed by atoms with E-state index < -0.39 is 9.84 Å². The van der Waals surface area contributed by atoms with Gasteiger partial charge in [-0.15, -0.1) is 11.6 Å². The van der Waals surface area contributed by atoms with Gasteiger partial charge in [0.15, 0.2) is 9.84 Å². The van der Waals surface area contributed by atoms with Crippen LogP contribution in [0.3, 0.4) is 0 Å². The van der Waals surface area contributed by atoms with Crippen molar-refractivity contribution in [2.45, 2.75) is 16.7 Å². The summed E-state index contributed by atoms with van der Waals surface area (Å²) in [6.07, 6.45) is 0. The van der Waals surface area contributed by atoms with Gasteiger partial charge in [-0.3, -0.25) is 0 Å². The van der Waals surface area contributed by atoms with Crippen LogP contribution in [0.2, 0.25) is 0 Å². The van der Waals surface area contributed by atoms with Crippen molar-refractivity contribution in [3.63, 3.8) is 0 Å². The fourth-order valence-electron chi connectivity index (χ4n) is 2.96. The number of halogens is 2. The van der Waals surface area contributed by atoms with Crippen molar-refractivity contribution in [2.75, 3.05) is 11.6 Å². The first-order valence-electron chi connectivity index (χ1n) is 6.66. The second-order valence-corrected chi connectivity index (χ2v) is 8.47. The number of rotatable bonds is 3. The molecule has 0 amide bonds. The van der Waals surface area contributed by atoms with Crippen molar-refractivity contribution in [3.8, 4) is 0 Å². The average molecular weight is 386 g/mol. The van der Waals surface area contributed by atoms with E-state index >= 15 is 0 Å². The van der Waals surface area contributed by atoms with E-state index in [-0.39, 0.29) is 17.6 Å². The van der Waals surface area contributed by atoms with E-state index in [1.54, 1.807) is 12.1 Å². The summed E-state index contributed by atoms with van der Waals surface area (Å²) >= 11 is 9.59. The van der Waals surface area contributed by atoms with Gasteiger partial charge in [-0.05, 0) is 29.3 Å². The Balaban J connectivity index is 2.05. The second-order valence-electron chi connectivity index (χ2n) is 5.24. The van der Waals surface area contributed by atoms with Crippen molar-refractivity contribution < 1.29 is 8.42 Å². The first kappa shape index (κ1) is 15.1. The zero-order valence-corrected chi connectivity index (χ0v) is 14.3. The maximum absolute atomic E-state index is 12.3. The molecular weight excluding hydrogens is 372 g/mol. The lowest BCUT2D eigenvalue weighted by atomic mass is 9.84. The predicted molar refractivity (Wildman–Crippen MR) is 88.8 cm³/mol.